The lowest BCUT2D eigenvalue weighted by molar-refractivity contribution is -0.134. The number of amides is 1. The van der Waals surface area contributed by atoms with Crippen molar-refractivity contribution in [3.05, 3.63) is 42.0 Å². The fourth-order valence-electron chi connectivity index (χ4n) is 1.74. The molecule has 0 fully saturated rings. The molecule has 2 aromatic rings. The molecule has 7 nitrogen and oxygen atoms in total. The first-order chi connectivity index (χ1) is 10.5. The molecule has 3 N–H and O–H groups in total. The van der Waals surface area contributed by atoms with Crippen LogP contribution in [0.4, 0.5) is 10.3 Å². The van der Waals surface area contributed by atoms with Gasteiger partial charge in [-0.2, -0.15) is 0 Å². The summed E-state index contributed by atoms with van der Waals surface area (Å²) in [6.07, 6.45) is 2.87. The summed E-state index contributed by atoms with van der Waals surface area (Å²) < 4.78 is 13.9. The second-order valence-corrected chi connectivity index (χ2v) is 4.32. The molecule has 1 aromatic carbocycles. The number of carbonyl (C=O) groups is 2. The highest BCUT2D eigenvalue weighted by Gasteiger charge is 2.11. The Morgan fingerprint density at radius 1 is 1.23 bits per heavy atom. The number of hydrogen-bond donors (Lipinski definition) is 3. The van der Waals surface area contributed by atoms with Crippen LogP contribution in [0.1, 0.15) is 10.4 Å². The lowest BCUT2D eigenvalue weighted by Crippen LogP contribution is -2.19. The van der Waals surface area contributed by atoms with Gasteiger partial charge in [-0.3, -0.25) is 9.59 Å². The SMILES string of the molecule is CNC(=O)c1ccc(-c2cnc(NCC(=O)O)nc2)cc1F. The van der Waals surface area contributed by atoms with Crippen LogP contribution in [0.3, 0.4) is 0 Å². The van der Waals surface area contributed by atoms with Gasteiger partial charge in [-0.05, 0) is 17.7 Å². The standard InChI is InChI=1S/C14H13FN4O3/c1-16-13(22)10-3-2-8(4-11(10)15)9-5-17-14(18-6-9)19-7-12(20)21/h2-6H,7H2,1H3,(H,16,22)(H,20,21)(H,17,18,19). The first-order valence-corrected chi connectivity index (χ1v) is 6.31. The normalized spacial score (nSPS) is 10.1. The minimum Gasteiger partial charge on any atom is -0.480 e. The maximum absolute atomic E-state index is 13.9. The van der Waals surface area contributed by atoms with Crippen LogP contribution in [-0.2, 0) is 4.79 Å². The number of carbonyl (C=O) groups excluding carboxylic acids is 1. The number of aromatic nitrogens is 2. The van der Waals surface area contributed by atoms with Crippen LogP contribution in [0.15, 0.2) is 30.6 Å². The fraction of sp³-hybridized carbons (Fsp3) is 0.143. The number of nitrogens with zero attached hydrogens (tertiary/aromatic N) is 2. The molecule has 0 aliphatic heterocycles. The van der Waals surface area contributed by atoms with Crippen molar-refractivity contribution in [1.82, 2.24) is 15.3 Å². The van der Waals surface area contributed by atoms with Gasteiger partial charge in [0.1, 0.15) is 12.4 Å². The number of halogens is 1. The van der Waals surface area contributed by atoms with E-state index in [0.29, 0.717) is 11.1 Å². The Labute approximate surface area is 125 Å². The van der Waals surface area contributed by atoms with Crippen LogP contribution >= 0.6 is 0 Å². The van der Waals surface area contributed by atoms with Crippen molar-refractivity contribution in [3.63, 3.8) is 0 Å². The third-order valence-electron chi connectivity index (χ3n) is 2.82. The van der Waals surface area contributed by atoms with Crippen LogP contribution in [0.25, 0.3) is 11.1 Å². The minimum atomic E-state index is -1.03. The molecule has 0 saturated carbocycles. The number of anilines is 1. The van der Waals surface area contributed by atoms with Gasteiger partial charge in [0.15, 0.2) is 0 Å². The number of carboxylic acids is 1. The van der Waals surface area contributed by atoms with Gasteiger partial charge >= 0.3 is 5.97 Å². The lowest BCUT2D eigenvalue weighted by atomic mass is 10.1. The summed E-state index contributed by atoms with van der Waals surface area (Å²) in [5.41, 5.74) is 1.00. The average Bonchev–Trinajstić information content (AvgIpc) is 2.52. The van der Waals surface area contributed by atoms with E-state index in [-0.39, 0.29) is 18.1 Å². The van der Waals surface area contributed by atoms with Gasteiger partial charge in [0.05, 0.1) is 5.56 Å². The third-order valence-corrected chi connectivity index (χ3v) is 2.82. The molecule has 0 aliphatic carbocycles. The van der Waals surface area contributed by atoms with E-state index in [2.05, 4.69) is 20.6 Å². The summed E-state index contributed by atoms with van der Waals surface area (Å²) in [5.74, 6) is -2.02. The Morgan fingerprint density at radius 3 is 2.45 bits per heavy atom. The molecule has 8 heteroatoms. The Hall–Kier alpha value is -3.03. The van der Waals surface area contributed by atoms with Crippen molar-refractivity contribution in [2.75, 3.05) is 18.9 Å². The van der Waals surface area contributed by atoms with E-state index in [0.717, 1.165) is 0 Å². The van der Waals surface area contributed by atoms with E-state index in [4.69, 9.17) is 5.11 Å². The molecule has 0 spiro atoms. The highest BCUT2D eigenvalue weighted by Crippen LogP contribution is 2.21. The van der Waals surface area contributed by atoms with E-state index < -0.39 is 17.7 Å². The topological polar surface area (TPSA) is 104 Å². The molecule has 1 aromatic heterocycles. The molecule has 2 rings (SSSR count). The molecule has 1 amide bonds. The largest absolute Gasteiger partial charge is 0.480 e. The summed E-state index contributed by atoms with van der Waals surface area (Å²) in [7, 11) is 1.42. The van der Waals surface area contributed by atoms with Crippen molar-refractivity contribution >= 4 is 17.8 Å². The summed E-state index contributed by atoms with van der Waals surface area (Å²) in [5, 5.41) is 13.4. The van der Waals surface area contributed by atoms with Crippen LogP contribution in [-0.4, -0.2) is 40.5 Å². The summed E-state index contributed by atoms with van der Waals surface area (Å²) in [4.78, 5) is 29.7. The summed E-state index contributed by atoms with van der Waals surface area (Å²) >= 11 is 0. The predicted octanol–water partition coefficient (Wildman–Crippen LogP) is 1.14. The summed E-state index contributed by atoms with van der Waals surface area (Å²) in [6.45, 7) is -0.297. The van der Waals surface area contributed by atoms with Crippen molar-refractivity contribution in [2.24, 2.45) is 0 Å². The molecular weight excluding hydrogens is 291 g/mol. The predicted molar refractivity (Wildman–Crippen MR) is 76.9 cm³/mol. The van der Waals surface area contributed by atoms with Crippen LogP contribution < -0.4 is 10.6 Å². The van der Waals surface area contributed by atoms with E-state index in [1.165, 1.54) is 31.6 Å². The van der Waals surface area contributed by atoms with Gasteiger partial charge in [-0.25, -0.2) is 14.4 Å². The van der Waals surface area contributed by atoms with E-state index in [1.54, 1.807) is 6.07 Å². The van der Waals surface area contributed by atoms with Gasteiger partial charge in [0.2, 0.25) is 5.95 Å². The van der Waals surface area contributed by atoms with E-state index in [1.807, 2.05) is 0 Å². The smallest absolute Gasteiger partial charge is 0.322 e. The molecule has 0 unspecified atom stereocenters. The Bertz CT molecular complexity index is 704. The molecule has 0 bridgehead atoms. The molecule has 114 valence electrons. The van der Waals surface area contributed by atoms with Crippen molar-refractivity contribution < 1.29 is 19.1 Å². The van der Waals surface area contributed by atoms with E-state index in [9.17, 15) is 14.0 Å². The molecule has 0 aliphatic rings. The highest BCUT2D eigenvalue weighted by atomic mass is 19.1. The second-order valence-electron chi connectivity index (χ2n) is 4.32. The molecule has 22 heavy (non-hydrogen) atoms. The number of carboxylic acid groups (broad SMARTS) is 1. The molecule has 0 atom stereocenters. The number of aliphatic carboxylic acids is 1. The Kier molecular flexibility index (Phi) is 4.62. The average molecular weight is 304 g/mol. The molecule has 1 heterocycles. The Balaban J connectivity index is 2.20. The van der Waals surface area contributed by atoms with Gasteiger partial charge in [0, 0.05) is 25.0 Å². The Morgan fingerprint density at radius 2 is 1.91 bits per heavy atom. The minimum absolute atomic E-state index is 0.0492. The highest BCUT2D eigenvalue weighted by molar-refractivity contribution is 5.94. The molecule has 0 radical (unpaired) electrons. The number of hydrogen-bond acceptors (Lipinski definition) is 5. The van der Waals surface area contributed by atoms with Crippen LogP contribution in [0, 0.1) is 5.82 Å². The lowest BCUT2D eigenvalue weighted by Gasteiger charge is -2.06. The summed E-state index contributed by atoms with van der Waals surface area (Å²) in [6, 6.07) is 4.17. The number of rotatable bonds is 5. The zero-order valence-corrected chi connectivity index (χ0v) is 11.6. The maximum atomic E-state index is 13.9. The zero-order valence-electron chi connectivity index (χ0n) is 11.6. The van der Waals surface area contributed by atoms with Gasteiger partial charge < -0.3 is 15.7 Å². The van der Waals surface area contributed by atoms with Crippen LogP contribution in [0.2, 0.25) is 0 Å². The number of benzene rings is 1. The molecular formula is C14H13FN4O3. The van der Waals surface area contributed by atoms with Crippen molar-refractivity contribution in [3.8, 4) is 11.1 Å². The zero-order chi connectivity index (χ0) is 16.1. The monoisotopic (exact) mass is 304 g/mol. The fourth-order valence-corrected chi connectivity index (χ4v) is 1.74. The van der Waals surface area contributed by atoms with E-state index >= 15 is 0 Å². The third kappa shape index (κ3) is 3.54. The number of nitrogens with one attached hydrogen (secondary N) is 2. The van der Waals surface area contributed by atoms with Crippen molar-refractivity contribution in [2.45, 2.75) is 0 Å². The van der Waals surface area contributed by atoms with Crippen molar-refractivity contribution in [1.29, 1.82) is 0 Å². The maximum Gasteiger partial charge on any atom is 0.322 e. The van der Waals surface area contributed by atoms with Gasteiger partial charge in [-0.15, -0.1) is 0 Å². The molecule has 0 saturated heterocycles. The van der Waals surface area contributed by atoms with Gasteiger partial charge in [-0.1, -0.05) is 6.07 Å². The van der Waals surface area contributed by atoms with Gasteiger partial charge in [0.25, 0.3) is 5.91 Å². The van der Waals surface area contributed by atoms with Crippen LogP contribution in [0.5, 0.6) is 0 Å². The quantitative estimate of drug-likeness (QED) is 0.765. The first kappa shape index (κ1) is 15.4. The second kappa shape index (κ2) is 6.61. The first-order valence-electron chi connectivity index (χ1n) is 6.31.